The van der Waals surface area contributed by atoms with Crippen LogP contribution in [0.5, 0.6) is 0 Å². The largest absolute Gasteiger partial charge is 0.469 e. The van der Waals surface area contributed by atoms with Gasteiger partial charge in [0.05, 0.1) is 13.0 Å². The van der Waals surface area contributed by atoms with E-state index >= 15 is 0 Å². The van der Waals surface area contributed by atoms with Crippen LogP contribution in [-0.2, 0) is 22.4 Å². The molecule has 1 aromatic carbocycles. The number of hydrogen-bond acceptors (Lipinski definition) is 4. The SMILES string of the molecule is C=CCc1cc(CC(C)C(=O)OC)ccc1C#CC1(O)CN2CCC1CC2. The highest BCUT2D eigenvalue weighted by Crippen LogP contribution is 2.35. The molecular weight excluding hydrogens is 338 g/mol. The Morgan fingerprint density at radius 2 is 2.22 bits per heavy atom. The Labute approximate surface area is 162 Å². The zero-order chi connectivity index (χ0) is 19.4. The van der Waals surface area contributed by atoms with E-state index in [1.807, 2.05) is 25.1 Å². The molecule has 2 bridgehead atoms. The van der Waals surface area contributed by atoms with E-state index in [9.17, 15) is 9.90 Å². The molecule has 3 aliphatic rings. The lowest BCUT2D eigenvalue weighted by atomic mass is 9.75. The third kappa shape index (κ3) is 4.43. The van der Waals surface area contributed by atoms with E-state index in [-0.39, 0.29) is 17.8 Å². The lowest BCUT2D eigenvalue weighted by Gasteiger charge is -2.47. The van der Waals surface area contributed by atoms with Gasteiger partial charge < -0.3 is 9.84 Å². The van der Waals surface area contributed by atoms with Crippen molar-refractivity contribution in [3.05, 3.63) is 47.5 Å². The van der Waals surface area contributed by atoms with Crippen molar-refractivity contribution < 1.29 is 14.6 Å². The molecule has 4 heteroatoms. The highest BCUT2D eigenvalue weighted by molar-refractivity contribution is 5.72. The van der Waals surface area contributed by atoms with Gasteiger partial charge >= 0.3 is 5.97 Å². The first-order chi connectivity index (χ1) is 12.9. The summed E-state index contributed by atoms with van der Waals surface area (Å²) in [7, 11) is 1.42. The van der Waals surface area contributed by atoms with Crippen LogP contribution in [0.2, 0.25) is 0 Å². The zero-order valence-corrected chi connectivity index (χ0v) is 16.3. The van der Waals surface area contributed by atoms with Crippen molar-refractivity contribution in [1.29, 1.82) is 0 Å². The molecule has 3 saturated heterocycles. The molecule has 4 rings (SSSR count). The topological polar surface area (TPSA) is 49.8 Å². The molecular formula is C23H29NO3. The van der Waals surface area contributed by atoms with Crippen LogP contribution >= 0.6 is 0 Å². The average molecular weight is 367 g/mol. The summed E-state index contributed by atoms with van der Waals surface area (Å²) < 4.78 is 4.82. The van der Waals surface area contributed by atoms with Gasteiger partial charge in [0.2, 0.25) is 0 Å². The highest BCUT2D eigenvalue weighted by Gasteiger charge is 2.44. The number of benzene rings is 1. The molecule has 0 radical (unpaired) electrons. The third-order valence-electron chi connectivity index (χ3n) is 5.82. The van der Waals surface area contributed by atoms with E-state index in [4.69, 9.17) is 4.74 Å². The Morgan fingerprint density at radius 1 is 1.48 bits per heavy atom. The van der Waals surface area contributed by atoms with Crippen LogP contribution in [0, 0.1) is 23.7 Å². The predicted molar refractivity (Wildman–Crippen MR) is 106 cm³/mol. The number of carbonyl (C=O) groups excluding carboxylic acids is 1. The summed E-state index contributed by atoms with van der Waals surface area (Å²) in [6, 6.07) is 6.10. The molecule has 0 spiro atoms. The molecule has 4 nitrogen and oxygen atoms in total. The Hall–Kier alpha value is -2.09. The van der Waals surface area contributed by atoms with Gasteiger partial charge in [-0.05, 0) is 56.0 Å². The number of piperidine rings is 3. The number of aliphatic hydroxyl groups is 1. The Kier molecular flexibility index (Phi) is 6.04. The van der Waals surface area contributed by atoms with Crippen LogP contribution in [0.15, 0.2) is 30.9 Å². The number of allylic oxidation sites excluding steroid dienone is 1. The number of rotatable bonds is 5. The van der Waals surface area contributed by atoms with E-state index in [2.05, 4.69) is 29.4 Å². The molecule has 27 heavy (non-hydrogen) atoms. The number of fused-ring (bicyclic) bond motifs is 3. The second kappa shape index (κ2) is 8.29. The number of nitrogens with zero attached hydrogens (tertiary/aromatic N) is 1. The summed E-state index contributed by atoms with van der Waals surface area (Å²) in [4.78, 5) is 14.0. The van der Waals surface area contributed by atoms with Crippen molar-refractivity contribution in [2.24, 2.45) is 11.8 Å². The monoisotopic (exact) mass is 367 g/mol. The fourth-order valence-electron chi connectivity index (χ4n) is 4.21. The van der Waals surface area contributed by atoms with Gasteiger partial charge in [0.15, 0.2) is 0 Å². The van der Waals surface area contributed by atoms with Crippen LogP contribution in [-0.4, -0.2) is 48.3 Å². The van der Waals surface area contributed by atoms with Gasteiger partial charge in [0, 0.05) is 18.0 Å². The minimum Gasteiger partial charge on any atom is -0.469 e. The summed E-state index contributed by atoms with van der Waals surface area (Å²) in [5.74, 6) is 6.32. The van der Waals surface area contributed by atoms with Gasteiger partial charge in [-0.1, -0.05) is 37.0 Å². The van der Waals surface area contributed by atoms with Crippen molar-refractivity contribution in [1.82, 2.24) is 4.90 Å². The number of carbonyl (C=O) groups is 1. The highest BCUT2D eigenvalue weighted by atomic mass is 16.5. The van der Waals surface area contributed by atoms with Crippen LogP contribution < -0.4 is 0 Å². The molecule has 0 saturated carbocycles. The maximum absolute atomic E-state index is 11.7. The van der Waals surface area contributed by atoms with Gasteiger partial charge in [0.25, 0.3) is 0 Å². The number of esters is 1. The molecule has 0 aliphatic carbocycles. The van der Waals surface area contributed by atoms with Crippen LogP contribution in [0.4, 0.5) is 0 Å². The molecule has 3 heterocycles. The maximum Gasteiger partial charge on any atom is 0.308 e. The van der Waals surface area contributed by atoms with Gasteiger partial charge in [-0.2, -0.15) is 0 Å². The third-order valence-corrected chi connectivity index (χ3v) is 5.82. The molecule has 0 aromatic heterocycles. The van der Waals surface area contributed by atoms with Crippen molar-refractivity contribution in [2.45, 2.75) is 38.2 Å². The Bertz CT molecular complexity index is 768. The number of methoxy groups -OCH3 is 1. The normalized spacial score (nSPS) is 27.4. The lowest BCUT2D eigenvalue weighted by molar-refractivity contribution is -0.144. The van der Waals surface area contributed by atoms with Gasteiger partial charge in [0.1, 0.15) is 5.60 Å². The number of hydrogen-bond donors (Lipinski definition) is 1. The van der Waals surface area contributed by atoms with Gasteiger partial charge in [-0.15, -0.1) is 6.58 Å². The summed E-state index contributed by atoms with van der Waals surface area (Å²) >= 11 is 0. The predicted octanol–water partition coefficient (Wildman–Crippen LogP) is 2.57. The molecule has 2 atom stereocenters. The van der Waals surface area contributed by atoms with Gasteiger partial charge in [-0.3, -0.25) is 9.69 Å². The maximum atomic E-state index is 11.7. The fraction of sp³-hybridized carbons (Fsp3) is 0.522. The van der Waals surface area contributed by atoms with Crippen molar-refractivity contribution in [2.75, 3.05) is 26.7 Å². The Balaban J connectivity index is 1.81. The van der Waals surface area contributed by atoms with Crippen molar-refractivity contribution in [3.63, 3.8) is 0 Å². The first-order valence-corrected chi connectivity index (χ1v) is 9.73. The zero-order valence-electron chi connectivity index (χ0n) is 16.3. The minimum absolute atomic E-state index is 0.184. The minimum atomic E-state index is -0.903. The second-order valence-electron chi connectivity index (χ2n) is 7.84. The van der Waals surface area contributed by atoms with Crippen LogP contribution in [0.1, 0.15) is 36.5 Å². The van der Waals surface area contributed by atoms with E-state index in [0.29, 0.717) is 19.4 Å². The quantitative estimate of drug-likeness (QED) is 0.494. The Morgan fingerprint density at radius 3 is 2.81 bits per heavy atom. The summed E-state index contributed by atoms with van der Waals surface area (Å²) in [6.07, 6.45) is 5.24. The molecule has 3 aliphatic heterocycles. The molecule has 144 valence electrons. The van der Waals surface area contributed by atoms with E-state index in [0.717, 1.165) is 42.6 Å². The molecule has 3 fully saturated rings. The summed E-state index contributed by atoms with van der Waals surface area (Å²) in [6.45, 7) is 8.51. The number of ether oxygens (including phenoxy) is 1. The summed E-state index contributed by atoms with van der Waals surface area (Å²) in [5.41, 5.74) is 2.18. The lowest BCUT2D eigenvalue weighted by Crippen LogP contribution is -2.58. The van der Waals surface area contributed by atoms with Gasteiger partial charge in [-0.25, -0.2) is 0 Å². The molecule has 2 unspecified atom stereocenters. The first-order valence-electron chi connectivity index (χ1n) is 9.73. The smallest absolute Gasteiger partial charge is 0.308 e. The fourth-order valence-corrected chi connectivity index (χ4v) is 4.21. The van der Waals surface area contributed by atoms with E-state index < -0.39 is 5.60 Å². The summed E-state index contributed by atoms with van der Waals surface area (Å²) in [5, 5.41) is 11.0. The average Bonchev–Trinajstić information content (AvgIpc) is 2.67. The molecule has 1 aromatic rings. The first kappa shape index (κ1) is 19.7. The van der Waals surface area contributed by atoms with Crippen LogP contribution in [0.3, 0.4) is 0 Å². The van der Waals surface area contributed by atoms with Crippen LogP contribution in [0.25, 0.3) is 0 Å². The van der Waals surface area contributed by atoms with Crippen molar-refractivity contribution in [3.8, 4) is 11.8 Å². The van der Waals surface area contributed by atoms with E-state index in [1.165, 1.54) is 7.11 Å². The van der Waals surface area contributed by atoms with E-state index in [1.54, 1.807) is 0 Å². The van der Waals surface area contributed by atoms with Crippen molar-refractivity contribution >= 4 is 5.97 Å². The second-order valence-corrected chi connectivity index (χ2v) is 7.84. The molecule has 0 amide bonds. The molecule has 1 N–H and O–H groups in total. The standard InChI is InChI=1S/C23H29NO3/c1-4-5-20-15-18(14-17(2)22(25)27-3)6-7-19(20)8-11-23(26)16-24-12-9-21(23)10-13-24/h4,6-7,15,17,21,26H,1,5,9-10,12-14,16H2,2-3H3.